The fraction of sp³-hybridized carbons (Fsp3) is 0.286. The fourth-order valence-electron chi connectivity index (χ4n) is 5.74. The molecule has 2 aliphatic heterocycles. The number of hydrogen-bond acceptors (Lipinski definition) is 7. The Bertz CT molecular complexity index is 1690. The van der Waals surface area contributed by atoms with Gasteiger partial charge < -0.3 is 14.7 Å². The molecule has 0 aliphatic carbocycles. The maximum absolute atomic E-state index is 13.2. The zero-order valence-corrected chi connectivity index (χ0v) is 26.3. The van der Waals surface area contributed by atoms with E-state index in [2.05, 4.69) is 38.8 Å². The van der Waals surface area contributed by atoms with Crippen molar-refractivity contribution in [2.45, 2.75) is 0 Å². The van der Waals surface area contributed by atoms with Crippen molar-refractivity contribution in [3.05, 3.63) is 106 Å². The predicted octanol–water partition coefficient (Wildman–Crippen LogP) is 6.19. The number of rotatable bonds is 8. The topological polar surface area (TPSA) is 60.0 Å². The third-order valence-electron chi connectivity index (χ3n) is 8.45. The Labute approximate surface area is 268 Å². The summed E-state index contributed by atoms with van der Waals surface area (Å²) in [4.78, 5) is 40.0. The molecule has 6 rings (SSSR count). The number of benzene rings is 3. The van der Waals surface area contributed by atoms with Gasteiger partial charge in [-0.25, -0.2) is 4.98 Å². The van der Waals surface area contributed by atoms with Crippen LogP contribution < -0.4 is 9.80 Å². The highest BCUT2D eigenvalue weighted by Crippen LogP contribution is 2.27. The lowest BCUT2D eigenvalue weighted by molar-refractivity contribution is 0.0926. The lowest BCUT2D eigenvalue weighted by Crippen LogP contribution is -2.48. The van der Waals surface area contributed by atoms with E-state index in [0.717, 1.165) is 80.3 Å². The molecule has 226 valence electrons. The Kier molecular flexibility index (Phi) is 9.28. The van der Waals surface area contributed by atoms with Crippen LogP contribution in [0, 0.1) is 0 Å². The molecule has 0 saturated carbocycles. The van der Waals surface area contributed by atoms with Crippen LogP contribution in [-0.4, -0.2) is 92.3 Å². The van der Waals surface area contributed by atoms with E-state index in [1.54, 1.807) is 24.3 Å². The van der Waals surface area contributed by atoms with Crippen LogP contribution in [0.5, 0.6) is 0 Å². The Morgan fingerprint density at radius 2 is 1.45 bits per heavy atom. The number of piperazine rings is 2. The van der Waals surface area contributed by atoms with Crippen LogP contribution in [0.1, 0.15) is 26.3 Å². The molecule has 0 radical (unpaired) electrons. The molecule has 0 spiro atoms. The summed E-state index contributed by atoms with van der Waals surface area (Å²) in [5.41, 5.74) is 4.19. The van der Waals surface area contributed by atoms with E-state index in [1.165, 1.54) is 0 Å². The first-order valence-electron chi connectivity index (χ1n) is 15.0. The molecule has 4 aromatic rings. The summed E-state index contributed by atoms with van der Waals surface area (Å²) in [6.07, 6.45) is 3.56. The minimum Gasteiger partial charge on any atom is -0.369 e. The molecular weight excluding hydrogens is 593 g/mol. The molecule has 3 aromatic carbocycles. The number of Topliss-reactive ketones (excluding diaryl/α,β-unsaturated/α-hetero) is 1. The Hall–Kier alpha value is -3.75. The number of anilines is 2. The molecule has 44 heavy (non-hydrogen) atoms. The number of pyridine rings is 1. The Balaban J connectivity index is 1.08. The zero-order valence-electron chi connectivity index (χ0n) is 24.8. The number of carbonyl (C=O) groups excluding carboxylic acids is 2. The van der Waals surface area contributed by atoms with Gasteiger partial charge in [-0.05, 0) is 73.8 Å². The lowest BCUT2D eigenvalue weighted by Gasteiger charge is -2.35. The first-order valence-corrected chi connectivity index (χ1v) is 15.7. The summed E-state index contributed by atoms with van der Waals surface area (Å²) in [6.45, 7) is 7.24. The van der Waals surface area contributed by atoms with Gasteiger partial charge in [-0.1, -0.05) is 41.4 Å². The molecule has 2 aliphatic rings. The molecular formula is C35H35Cl2N5O2. The fourth-order valence-corrected chi connectivity index (χ4v) is 6.04. The molecule has 0 N–H and O–H groups in total. The van der Waals surface area contributed by atoms with E-state index < -0.39 is 0 Å². The maximum Gasteiger partial charge on any atom is 0.185 e. The van der Waals surface area contributed by atoms with Crippen LogP contribution >= 0.6 is 23.2 Å². The number of carbonyl (C=O) groups is 2. The van der Waals surface area contributed by atoms with Gasteiger partial charge in [-0.3, -0.25) is 14.5 Å². The minimum absolute atomic E-state index is 0.0306. The van der Waals surface area contributed by atoms with Crippen LogP contribution in [0.3, 0.4) is 0 Å². The first kappa shape index (κ1) is 30.3. The summed E-state index contributed by atoms with van der Waals surface area (Å²) >= 11 is 12.1. The van der Waals surface area contributed by atoms with Gasteiger partial charge in [-0.2, -0.15) is 0 Å². The van der Waals surface area contributed by atoms with Crippen molar-refractivity contribution in [1.82, 2.24) is 14.8 Å². The van der Waals surface area contributed by atoms with E-state index in [4.69, 9.17) is 28.2 Å². The average molecular weight is 629 g/mol. The zero-order chi connectivity index (χ0) is 30.6. The van der Waals surface area contributed by atoms with Gasteiger partial charge in [0.15, 0.2) is 11.6 Å². The number of ketones is 2. The van der Waals surface area contributed by atoms with Gasteiger partial charge >= 0.3 is 0 Å². The number of likely N-dealkylation sites (N-methyl/N-ethyl adjacent to an activating group) is 1. The van der Waals surface area contributed by atoms with Gasteiger partial charge in [0.2, 0.25) is 0 Å². The number of aromatic nitrogens is 1. The number of para-hydroxylation sites is 1. The van der Waals surface area contributed by atoms with Crippen LogP contribution in [0.2, 0.25) is 10.0 Å². The minimum atomic E-state index is -0.0420. The van der Waals surface area contributed by atoms with E-state index in [-0.39, 0.29) is 11.6 Å². The van der Waals surface area contributed by atoms with Crippen molar-refractivity contribution < 1.29 is 9.59 Å². The second-order valence-corrected chi connectivity index (χ2v) is 12.3. The van der Waals surface area contributed by atoms with Crippen molar-refractivity contribution in [1.29, 1.82) is 0 Å². The van der Waals surface area contributed by atoms with Gasteiger partial charge in [-0.15, -0.1) is 0 Å². The quantitative estimate of drug-likeness (QED) is 0.170. The van der Waals surface area contributed by atoms with Crippen LogP contribution in [0.25, 0.3) is 17.0 Å². The summed E-state index contributed by atoms with van der Waals surface area (Å²) < 4.78 is 0. The SMILES string of the molecule is CN1CCN(c2nc3ccccc3cc2/C=C/C(=O)c2ccc(N3CCN(CC(=O)c4ccc(Cl)c(Cl)c4)CC3)cc2)CC1. The highest BCUT2D eigenvalue weighted by molar-refractivity contribution is 6.42. The van der Waals surface area contributed by atoms with E-state index in [0.29, 0.717) is 27.7 Å². The molecule has 2 saturated heterocycles. The van der Waals surface area contributed by atoms with Crippen molar-refractivity contribution in [3.63, 3.8) is 0 Å². The first-order chi connectivity index (χ1) is 21.3. The van der Waals surface area contributed by atoms with Gasteiger partial charge in [0.05, 0.1) is 22.1 Å². The monoisotopic (exact) mass is 627 g/mol. The summed E-state index contributed by atoms with van der Waals surface area (Å²) in [6, 6.07) is 23.0. The van der Waals surface area contributed by atoms with Crippen molar-refractivity contribution in [2.24, 2.45) is 0 Å². The third-order valence-corrected chi connectivity index (χ3v) is 9.19. The highest BCUT2D eigenvalue weighted by atomic mass is 35.5. The summed E-state index contributed by atoms with van der Waals surface area (Å²) in [5.74, 6) is 0.914. The van der Waals surface area contributed by atoms with Crippen LogP contribution in [-0.2, 0) is 0 Å². The predicted molar refractivity (Wildman–Crippen MR) is 181 cm³/mol. The van der Waals surface area contributed by atoms with Crippen LogP contribution in [0.4, 0.5) is 11.5 Å². The van der Waals surface area contributed by atoms with E-state index >= 15 is 0 Å². The van der Waals surface area contributed by atoms with Crippen molar-refractivity contribution in [2.75, 3.05) is 75.8 Å². The molecule has 0 bridgehead atoms. The molecule has 7 nitrogen and oxygen atoms in total. The number of nitrogens with zero attached hydrogens (tertiary/aromatic N) is 5. The normalized spacial score (nSPS) is 16.6. The second-order valence-electron chi connectivity index (χ2n) is 11.4. The Morgan fingerprint density at radius 3 is 2.18 bits per heavy atom. The van der Waals surface area contributed by atoms with Gasteiger partial charge in [0.25, 0.3) is 0 Å². The number of halogens is 2. The smallest absolute Gasteiger partial charge is 0.185 e. The highest BCUT2D eigenvalue weighted by Gasteiger charge is 2.21. The number of hydrogen-bond donors (Lipinski definition) is 0. The molecule has 0 atom stereocenters. The molecule has 1 aromatic heterocycles. The molecule has 3 heterocycles. The van der Waals surface area contributed by atoms with Gasteiger partial charge in [0.1, 0.15) is 5.82 Å². The molecule has 2 fully saturated rings. The average Bonchev–Trinajstić information content (AvgIpc) is 3.05. The lowest BCUT2D eigenvalue weighted by atomic mass is 10.1. The largest absolute Gasteiger partial charge is 0.369 e. The molecule has 0 amide bonds. The van der Waals surface area contributed by atoms with Crippen molar-refractivity contribution >= 4 is 63.3 Å². The number of fused-ring (bicyclic) bond motifs is 1. The van der Waals surface area contributed by atoms with E-state index in [1.807, 2.05) is 48.5 Å². The summed E-state index contributed by atoms with van der Waals surface area (Å²) in [7, 11) is 2.14. The van der Waals surface area contributed by atoms with E-state index in [9.17, 15) is 9.59 Å². The van der Waals surface area contributed by atoms with Gasteiger partial charge in [0, 0.05) is 80.1 Å². The van der Waals surface area contributed by atoms with Crippen LogP contribution in [0.15, 0.2) is 78.9 Å². The standard InChI is InChI=1S/C35H35Cl2N5O2/c1-39-14-18-42(19-15-39)35-28(22-26-4-2-3-5-32(26)38-35)9-13-33(43)25-6-10-29(11-7-25)41-20-16-40(17-21-41)24-34(44)27-8-12-30(36)31(37)23-27/h2-13,22-23H,14-21,24H2,1H3/b13-9+. The van der Waals surface area contributed by atoms with Crippen molar-refractivity contribution in [3.8, 4) is 0 Å². The molecule has 9 heteroatoms. The summed E-state index contributed by atoms with van der Waals surface area (Å²) in [5, 5.41) is 1.89. The maximum atomic E-state index is 13.2. The third kappa shape index (κ3) is 6.97. The second kappa shape index (κ2) is 13.5. The Morgan fingerprint density at radius 1 is 0.773 bits per heavy atom. The molecule has 0 unspecified atom stereocenters. The number of allylic oxidation sites excluding steroid dienone is 1.